The highest BCUT2D eigenvalue weighted by Gasteiger charge is 2.31. The van der Waals surface area contributed by atoms with Crippen molar-refractivity contribution in [1.82, 2.24) is 9.80 Å². The summed E-state index contributed by atoms with van der Waals surface area (Å²) in [6, 6.07) is 17.4. The van der Waals surface area contributed by atoms with Crippen LogP contribution < -0.4 is 0 Å². The van der Waals surface area contributed by atoms with Crippen LogP contribution in [-0.4, -0.2) is 59.2 Å². The Morgan fingerprint density at radius 1 is 1.07 bits per heavy atom. The van der Waals surface area contributed by atoms with E-state index in [0.29, 0.717) is 31.5 Å². The van der Waals surface area contributed by atoms with Crippen molar-refractivity contribution < 1.29 is 14.6 Å². The SMILES string of the molecule is O=C(c1ccccc1)N(CC1CN(Cc2ccccc2O)CCO1)C1CCCC1. The third-order valence-electron chi connectivity index (χ3n) is 6.06. The molecular weight excluding hydrogens is 364 g/mol. The molecule has 1 heterocycles. The Balaban J connectivity index is 1.44. The first-order chi connectivity index (χ1) is 14.2. The lowest BCUT2D eigenvalue weighted by molar-refractivity contribution is -0.0469. The molecule has 1 amide bonds. The van der Waals surface area contributed by atoms with Crippen LogP contribution in [-0.2, 0) is 11.3 Å². The van der Waals surface area contributed by atoms with Gasteiger partial charge in [-0.05, 0) is 31.0 Å². The molecule has 2 aromatic carbocycles. The minimum absolute atomic E-state index is 0.0112. The monoisotopic (exact) mass is 394 g/mol. The standard InChI is InChI=1S/C24H30N2O3/c27-23-13-7-4-10-20(23)16-25-14-15-29-22(17-25)18-26(21-11-5-6-12-21)24(28)19-8-2-1-3-9-19/h1-4,7-10,13,21-22,27H,5-6,11-12,14-18H2. The Labute approximate surface area is 172 Å². The predicted molar refractivity (Wildman–Crippen MR) is 113 cm³/mol. The molecular formula is C24H30N2O3. The van der Waals surface area contributed by atoms with Crippen LogP contribution in [0.25, 0.3) is 0 Å². The second-order valence-corrected chi connectivity index (χ2v) is 8.12. The van der Waals surface area contributed by atoms with Crippen LogP contribution in [0.5, 0.6) is 5.75 Å². The molecule has 5 heteroatoms. The molecule has 0 spiro atoms. The highest BCUT2D eigenvalue weighted by Crippen LogP contribution is 2.26. The zero-order valence-electron chi connectivity index (χ0n) is 16.9. The van der Waals surface area contributed by atoms with Crippen molar-refractivity contribution in [3.63, 3.8) is 0 Å². The van der Waals surface area contributed by atoms with E-state index in [9.17, 15) is 9.90 Å². The average molecular weight is 395 g/mol. The largest absolute Gasteiger partial charge is 0.508 e. The zero-order chi connectivity index (χ0) is 20.1. The minimum Gasteiger partial charge on any atom is -0.508 e. The van der Waals surface area contributed by atoms with Gasteiger partial charge in [0.1, 0.15) is 5.75 Å². The molecule has 5 nitrogen and oxygen atoms in total. The third kappa shape index (κ3) is 4.98. The first kappa shape index (κ1) is 19.9. The van der Waals surface area contributed by atoms with E-state index >= 15 is 0 Å². The van der Waals surface area contributed by atoms with Crippen LogP contribution in [0.15, 0.2) is 54.6 Å². The minimum atomic E-state index is -0.0112. The summed E-state index contributed by atoms with van der Waals surface area (Å²) in [4.78, 5) is 17.6. The van der Waals surface area contributed by atoms with Crippen molar-refractivity contribution in [2.45, 2.75) is 44.4 Å². The maximum absolute atomic E-state index is 13.2. The van der Waals surface area contributed by atoms with Crippen molar-refractivity contribution in [3.05, 3.63) is 65.7 Å². The molecule has 1 atom stereocenters. The van der Waals surface area contributed by atoms with E-state index in [1.54, 1.807) is 6.07 Å². The highest BCUT2D eigenvalue weighted by molar-refractivity contribution is 5.94. The fraction of sp³-hybridized carbons (Fsp3) is 0.458. The molecule has 1 unspecified atom stereocenters. The molecule has 2 fully saturated rings. The Hall–Kier alpha value is -2.37. The summed E-state index contributed by atoms with van der Waals surface area (Å²) >= 11 is 0. The van der Waals surface area contributed by atoms with Crippen LogP contribution in [0.3, 0.4) is 0 Å². The number of benzene rings is 2. The molecule has 4 rings (SSSR count). The first-order valence-electron chi connectivity index (χ1n) is 10.7. The van der Waals surface area contributed by atoms with E-state index in [-0.39, 0.29) is 12.0 Å². The number of hydrogen-bond acceptors (Lipinski definition) is 4. The Kier molecular flexibility index (Phi) is 6.47. The summed E-state index contributed by atoms with van der Waals surface area (Å²) in [5.41, 5.74) is 1.68. The van der Waals surface area contributed by atoms with E-state index in [0.717, 1.165) is 37.1 Å². The molecule has 1 saturated carbocycles. The van der Waals surface area contributed by atoms with Gasteiger partial charge in [-0.2, -0.15) is 0 Å². The number of nitrogens with zero attached hydrogens (tertiary/aromatic N) is 2. The van der Waals surface area contributed by atoms with Gasteiger partial charge in [-0.3, -0.25) is 9.69 Å². The van der Waals surface area contributed by atoms with Crippen molar-refractivity contribution in [2.75, 3.05) is 26.2 Å². The highest BCUT2D eigenvalue weighted by atomic mass is 16.5. The summed E-state index contributed by atoms with van der Waals surface area (Å²) < 4.78 is 6.05. The number of hydrogen-bond donors (Lipinski definition) is 1. The Morgan fingerprint density at radius 3 is 2.55 bits per heavy atom. The normalized spacial score (nSPS) is 20.6. The number of phenolic OH excluding ortho intramolecular Hbond substituents is 1. The van der Waals surface area contributed by atoms with Gasteiger partial charge in [-0.25, -0.2) is 0 Å². The number of aromatic hydroxyl groups is 1. The molecule has 154 valence electrons. The number of carbonyl (C=O) groups is 1. The molecule has 0 bridgehead atoms. The molecule has 29 heavy (non-hydrogen) atoms. The zero-order valence-corrected chi connectivity index (χ0v) is 16.9. The van der Waals surface area contributed by atoms with Crippen molar-refractivity contribution in [1.29, 1.82) is 0 Å². The van der Waals surface area contributed by atoms with Gasteiger partial charge in [0.05, 0.1) is 12.7 Å². The van der Waals surface area contributed by atoms with Crippen LogP contribution in [0.2, 0.25) is 0 Å². The molecule has 1 aliphatic carbocycles. The van der Waals surface area contributed by atoms with Gasteiger partial charge in [0.2, 0.25) is 0 Å². The topological polar surface area (TPSA) is 53.0 Å². The quantitative estimate of drug-likeness (QED) is 0.812. The average Bonchev–Trinajstić information content (AvgIpc) is 3.29. The van der Waals surface area contributed by atoms with Gasteiger partial charge in [-0.1, -0.05) is 49.2 Å². The van der Waals surface area contributed by atoms with Crippen molar-refractivity contribution in [2.24, 2.45) is 0 Å². The smallest absolute Gasteiger partial charge is 0.254 e. The summed E-state index contributed by atoms with van der Waals surface area (Å²) in [7, 11) is 0. The molecule has 2 aliphatic rings. The number of para-hydroxylation sites is 1. The fourth-order valence-electron chi connectivity index (χ4n) is 4.50. The molecule has 1 N–H and O–H groups in total. The maximum atomic E-state index is 13.2. The second-order valence-electron chi connectivity index (χ2n) is 8.12. The van der Waals surface area contributed by atoms with Crippen molar-refractivity contribution >= 4 is 5.91 Å². The number of ether oxygens (including phenoxy) is 1. The summed E-state index contributed by atoms with van der Waals surface area (Å²) in [5.74, 6) is 0.446. The Morgan fingerprint density at radius 2 is 1.79 bits per heavy atom. The summed E-state index contributed by atoms with van der Waals surface area (Å²) in [5, 5.41) is 10.1. The van der Waals surface area contributed by atoms with Crippen LogP contribution in [0.1, 0.15) is 41.6 Å². The fourth-order valence-corrected chi connectivity index (χ4v) is 4.50. The molecule has 1 aliphatic heterocycles. The number of amides is 1. The van der Waals surface area contributed by atoms with Gasteiger partial charge < -0.3 is 14.7 Å². The van der Waals surface area contributed by atoms with Crippen molar-refractivity contribution in [3.8, 4) is 5.75 Å². The second kappa shape index (κ2) is 9.42. The van der Waals surface area contributed by atoms with Gasteiger partial charge >= 0.3 is 0 Å². The first-order valence-corrected chi connectivity index (χ1v) is 10.7. The molecule has 2 aromatic rings. The number of phenols is 1. The van der Waals surface area contributed by atoms with Crippen LogP contribution >= 0.6 is 0 Å². The number of rotatable bonds is 6. The van der Waals surface area contributed by atoms with E-state index in [1.807, 2.05) is 48.5 Å². The maximum Gasteiger partial charge on any atom is 0.254 e. The lowest BCUT2D eigenvalue weighted by Crippen LogP contribution is -2.50. The molecule has 1 saturated heterocycles. The molecule has 0 radical (unpaired) electrons. The molecule has 0 aromatic heterocycles. The van der Waals surface area contributed by atoms with E-state index in [1.165, 1.54) is 12.8 Å². The lowest BCUT2D eigenvalue weighted by Gasteiger charge is -2.38. The van der Waals surface area contributed by atoms with Gasteiger partial charge in [-0.15, -0.1) is 0 Å². The van der Waals surface area contributed by atoms with Gasteiger partial charge in [0, 0.05) is 43.3 Å². The van der Waals surface area contributed by atoms with Gasteiger partial charge in [0.25, 0.3) is 5.91 Å². The summed E-state index contributed by atoms with van der Waals surface area (Å²) in [6.07, 6.45) is 4.52. The summed E-state index contributed by atoms with van der Waals surface area (Å²) in [6.45, 7) is 3.56. The van der Waals surface area contributed by atoms with E-state index in [2.05, 4.69) is 9.80 Å². The number of morpholine rings is 1. The third-order valence-corrected chi connectivity index (χ3v) is 6.06. The van der Waals surface area contributed by atoms with E-state index in [4.69, 9.17) is 4.74 Å². The van der Waals surface area contributed by atoms with Crippen LogP contribution in [0, 0.1) is 0 Å². The van der Waals surface area contributed by atoms with Crippen LogP contribution in [0.4, 0.5) is 0 Å². The number of carbonyl (C=O) groups excluding carboxylic acids is 1. The Bertz CT molecular complexity index is 805. The lowest BCUT2D eigenvalue weighted by atomic mass is 10.1. The predicted octanol–water partition coefficient (Wildman–Crippen LogP) is 3.68. The van der Waals surface area contributed by atoms with E-state index < -0.39 is 0 Å². The van der Waals surface area contributed by atoms with Gasteiger partial charge in [0.15, 0.2) is 0 Å².